The van der Waals surface area contributed by atoms with Gasteiger partial charge in [-0.2, -0.15) is 27.5 Å². The number of hydrogen-bond donors (Lipinski definition) is 0. The maximum Gasteiger partial charge on any atom is 0.224 e. The van der Waals surface area contributed by atoms with Gasteiger partial charge in [0.2, 0.25) is 23.8 Å². The van der Waals surface area contributed by atoms with Gasteiger partial charge in [-0.1, -0.05) is 36.4 Å². The summed E-state index contributed by atoms with van der Waals surface area (Å²) in [5, 5.41) is 0. The Hall–Kier alpha value is -5.64. The summed E-state index contributed by atoms with van der Waals surface area (Å²) >= 11 is 0. The largest absolute Gasteiger partial charge is 0.457 e. The number of hydrogen-bond acceptors (Lipinski definition) is 6. The molecular weight excluding hydrogens is 584 g/mol. The van der Waals surface area contributed by atoms with E-state index in [1.54, 1.807) is 60.7 Å². The first-order chi connectivity index (χ1) is 21.7. The fourth-order valence-corrected chi connectivity index (χ4v) is 4.63. The van der Waals surface area contributed by atoms with Crippen molar-refractivity contribution in [3.8, 4) is 45.5 Å². The van der Waals surface area contributed by atoms with Gasteiger partial charge in [-0.3, -0.25) is 9.97 Å². The lowest BCUT2D eigenvalue weighted by Crippen LogP contribution is -2.23. The standard InChI is InChI=1S/C35H24F4N4O2/c1-35(2,29-19-23(44-21-9-5-3-6-10-21)17-27(40-29)25-13-15-31(36)42-33(25)38)30-20-24(45-22-11-7-4-8-12-22)18-28(41-30)26-14-16-32(37)43-34(26)39/h3-20H,1-2H3. The molecule has 0 radical (unpaired) electrons. The third-order valence-corrected chi connectivity index (χ3v) is 7.02. The normalized spacial score (nSPS) is 11.3. The smallest absolute Gasteiger partial charge is 0.224 e. The molecule has 0 atom stereocenters. The first-order valence-electron chi connectivity index (χ1n) is 13.8. The molecule has 10 heteroatoms. The molecule has 4 aromatic heterocycles. The first kappa shape index (κ1) is 29.4. The Kier molecular flexibility index (Phi) is 7.95. The number of halogens is 4. The Morgan fingerprint density at radius 2 is 0.867 bits per heavy atom. The van der Waals surface area contributed by atoms with Crippen LogP contribution in [0.4, 0.5) is 17.6 Å². The van der Waals surface area contributed by atoms with Gasteiger partial charge in [-0.15, -0.1) is 0 Å². The maximum absolute atomic E-state index is 14.9. The lowest BCUT2D eigenvalue weighted by molar-refractivity contribution is 0.473. The number of aromatic nitrogens is 4. The molecule has 6 aromatic rings. The summed E-state index contributed by atoms with van der Waals surface area (Å²) in [7, 11) is 0. The number of para-hydroxylation sites is 2. The summed E-state index contributed by atoms with van der Waals surface area (Å²) in [6.45, 7) is 3.64. The van der Waals surface area contributed by atoms with E-state index in [2.05, 4.69) is 9.97 Å². The van der Waals surface area contributed by atoms with Crippen LogP contribution in [0.3, 0.4) is 0 Å². The van der Waals surface area contributed by atoms with E-state index < -0.39 is 29.2 Å². The minimum absolute atomic E-state index is 0.0405. The molecule has 0 saturated carbocycles. The van der Waals surface area contributed by atoms with Crippen molar-refractivity contribution < 1.29 is 27.0 Å². The summed E-state index contributed by atoms with van der Waals surface area (Å²) in [6.07, 6.45) is 0. The van der Waals surface area contributed by atoms with Crippen LogP contribution in [0.2, 0.25) is 0 Å². The van der Waals surface area contributed by atoms with Crippen LogP contribution in [0.25, 0.3) is 22.5 Å². The van der Waals surface area contributed by atoms with Crippen molar-refractivity contribution in [1.82, 2.24) is 19.9 Å². The zero-order valence-corrected chi connectivity index (χ0v) is 24.0. The summed E-state index contributed by atoms with van der Waals surface area (Å²) in [5.41, 5.74) is -0.0547. The van der Waals surface area contributed by atoms with Crippen molar-refractivity contribution in [3.05, 3.63) is 144 Å². The quantitative estimate of drug-likeness (QED) is 0.127. The minimum atomic E-state index is -1.04. The first-order valence-corrected chi connectivity index (χ1v) is 13.8. The fourth-order valence-electron chi connectivity index (χ4n) is 4.63. The molecule has 0 N–H and O–H groups in total. The van der Waals surface area contributed by atoms with Gasteiger partial charge in [0.1, 0.15) is 23.0 Å². The molecular formula is C35H24F4N4O2. The van der Waals surface area contributed by atoms with E-state index in [4.69, 9.17) is 19.4 Å². The van der Waals surface area contributed by atoms with Crippen LogP contribution in [0.1, 0.15) is 25.2 Å². The highest BCUT2D eigenvalue weighted by Crippen LogP contribution is 2.38. The molecule has 6 rings (SSSR count). The second kappa shape index (κ2) is 12.2. The molecule has 2 aromatic carbocycles. The van der Waals surface area contributed by atoms with Crippen LogP contribution < -0.4 is 9.47 Å². The van der Waals surface area contributed by atoms with Gasteiger partial charge in [-0.05, 0) is 62.4 Å². The van der Waals surface area contributed by atoms with Gasteiger partial charge < -0.3 is 9.47 Å². The highest BCUT2D eigenvalue weighted by atomic mass is 19.1. The van der Waals surface area contributed by atoms with Crippen LogP contribution in [0.15, 0.2) is 109 Å². The Bertz CT molecular complexity index is 1850. The third-order valence-electron chi connectivity index (χ3n) is 7.02. The number of benzene rings is 2. The SMILES string of the molecule is CC(C)(c1cc(Oc2ccccc2)cc(-c2ccc(F)nc2F)n1)c1cc(Oc2ccccc2)cc(-c2ccc(F)nc2F)n1. The minimum Gasteiger partial charge on any atom is -0.457 e. The van der Waals surface area contributed by atoms with Gasteiger partial charge in [-0.25, -0.2) is 0 Å². The Labute approximate surface area is 256 Å². The molecule has 6 nitrogen and oxygen atoms in total. The van der Waals surface area contributed by atoms with Crippen molar-refractivity contribution in [1.29, 1.82) is 0 Å². The second-order valence-corrected chi connectivity index (χ2v) is 10.5. The summed E-state index contributed by atoms with van der Waals surface area (Å²) < 4.78 is 69.3. The van der Waals surface area contributed by atoms with Crippen molar-refractivity contribution in [2.45, 2.75) is 19.3 Å². The van der Waals surface area contributed by atoms with Gasteiger partial charge in [0.25, 0.3) is 0 Å². The second-order valence-electron chi connectivity index (χ2n) is 10.5. The number of ether oxygens (including phenoxy) is 2. The summed E-state index contributed by atoms with van der Waals surface area (Å²) in [4.78, 5) is 16.1. The molecule has 0 aliphatic heterocycles. The van der Waals surface area contributed by atoms with Crippen molar-refractivity contribution in [2.24, 2.45) is 0 Å². The highest BCUT2D eigenvalue weighted by Gasteiger charge is 2.30. The molecule has 0 amide bonds. The molecule has 0 spiro atoms. The van der Waals surface area contributed by atoms with Crippen LogP contribution in [0.5, 0.6) is 23.0 Å². The van der Waals surface area contributed by atoms with E-state index in [1.807, 2.05) is 26.0 Å². The highest BCUT2D eigenvalue weighted by molar-refractivity contribution is 5.64. The zero-order chi connectivity index (χ0) is 31.6. The summed E-state index contributed by atoms with van der Waals surface area (Å²) in [6, 6.07) is 28.9. The topological polar surface area (TPSA) is 70.0 Å². The lowest BCUT2D eigenvalue weighted by Gasteiger charge is -2.26. The molecule has 0 unspecified atom stereocenters. The van der Waals surface area contributed by atoms with Gasteiger partial charge in [0.05, 0.1) is 33.9 Å². The molecule has 224 valence electrons. The monoisotopic (exact) mass is 608 g/mol. The third kappa shape index (κ3) is 6.50. The average Bonchev–Trinajstić information content (AvgIpc) is 3.02. The fraction of sp³-hybridized carbons (Fsp3) is 0.0857. The van der Waals surface area contributed by atoms with Gasteiger partial charge in [0, 0.05) is 29.7 Å². The van der Waals surface area contributed by atoms with Crippen LogP contribution in [-0.4, -0.2) is 19.9 Å². The molecule has 4 heterocycles. The molecule has 0 bridgehead atoms. The number of rotatable bonds is 8. The zero-order valence-electron chi connectivity index (χ0n) is 24.0. The number of pyridine rings is 4. The predicted octanol–water partition coefficient (Wildman–Crippen LogP) is 9.07. The van der Waals surface area contributed by atoms with E-state index in [9.17, 15) is 17.6 Å². The lowest BCUT2D eigenvalue weighted by atomic mass is 9.84. The van der Waals surface area contributed by atoms with E-state index in [1.165, 1.54) is 24.3 Å². The molecule has 45 heavy (non-hydrogen) atoms. The molecule has 0 aliphatic carbocycles. The van der Waals surface area contributed by atoms with E-state index in [0.29, 0.717) is 34.4 Å². The van der Waals surface area contributed by atoms with E-state index in [0.717, 1.165) is 12.1 Å². The van der Waals surface area contributed by atoms with Gasteiger partial charge >= 0.3 is 0 Å². The summed E-state index contributed by atoms with van der Waals surface area (Å²) in [5.74, 6) is -2.33. The molecule has 0 aliphatic rings. The van der Waals surface area contributed by atoms with E-state index >= 15 is 0 Å². The molecule has 0 saturated heterocycles. The Morgan fingerprint density at radius 3 is 1.24 bits per heavy atom. The van der Waals surface area contributed by atoms with Gasteiger partial charge in [0.15, 0.2) is 0 Å². The van der Waals surface area contributed by atoms with Crippen LogP contribution in [-0.2, 0) is 5.41 Å². The van der Waals surface area contributed by atoms with Crippen molar-refractivity contribution in [3.63, 3.8) is 0 Å². The van der Waals surface area contributed by atoms with Crippen molar-refractivity contribution >= 4 is 0 Å². The number of nitrogens with zero attached hydrogens (tertiary/aromatic N) is 4. The Morgan fingerprint density at radius 1 is 0.467 bits per heavy atom. The average molecular weight is 609 g/mol. The maximum atomic E-state index is 14.9. The Balaban J connectivity index is 1.51. The van der Waals surface area contributed by atoms with Crippen LogP contribution in [0, 0.1) is 23.8 Å². The van der Waals surface area contributed by atoms with Crippen molar-refractivity contribution in [2.75, 3.05) is 0 Å². The predicted molar refractivity (Wildman–Crippen MR) is 160 cm³/mol. The van der Waals surface area contributed by atoms with E-state index in [-0.39, 0.29) is 22.5 Å². The molecule has 0 fully saturated rings. The van der Waals surface area contributed by atoms with Crippen LogP contribution >= 0.6 is 0 Å².